The number of anilines is 1. The second-order valence-corrected chi connectivity index (χ2v) is 4.20. The summed E-state index contributed by atoms with van der Waals surface area (Å²) < 4.78 is 10.5. The maximum Gasteiger partial charge on any atom is 0.145 e. The highest BCUT2D eigenvalue weighted by atomic mass is 16.5. The molecule has 0 amide bonds. The molecule has 0 unspecified atom stereocenters. The van der Waals surface area contributed by atoms with E-state index in [4.69, 9.17) is 15.2 Å². The monoisotopic (exact) mass is 252 g/mol. The molecule has 0 heterocycles. The zero-order valence-corrected chi connectivity index (χ0v) is 11.4. The minimum Gasteiger partial charge on any atom is -0.497 e. The zero-order valence-electron chi connectivity index (χ0n) is 11.4. The van der Waals surface area contributed by atoms with Crippen LogP contribution >= 0.6 is 0 Å². The molecule has 1 aromatic rings. The molecule has 4 nitrogen and oxygen atoms in total. The molecule has 0 bridgehead atoms. The van der Waals surface area contributed by atoms with Gasteiger partial charge in [-0.1, -0.05) is 12.8 Å². The van der Waals surface area contributed by atoms with Crippen molar-refractivity contribution in [3.63, 3.8) is 0 Å². The minimum absolute atomic E-state index is 0.791. The van der Waals surface area contributed by atoms with Crippen molar-refractivity contribution in [3.8, 4) is 11.5 Å². The topological polar surface area (TPSA) is 56.5 Å². The number of nitrogens with one attached hydrogen (secondary N) is 1. The second-order valence-electron chi connectivity index (χ2n) is 4.20. The van der Waals surface area contributed by atoms with Crippen LogP contribution < -0.4 is 20.5 Å². The fourth-order valence-electron chi connectivity index (χ4n) is 1.79. The van der Waals surface area contributed by atoms with Gasteiger partial charge in [-0.2, -0.15) is 0 Å². The molecule has 0 spiro atoms. The fourth-order valence-corrected chi connectivity index (χ4v) is 1.79. The number of unbranched alkanes of at least 4 members (excludes halogenated alkanes) is 3. The van der Waals surface area contributed by atoms with Crippen LogP contribution in [0.4, 0.5) is 5.69 Å². The third kappa shape index (κ3) is 4.84. The number of hydrogen-bond acceptors (Lipinski definition) is 4. The lowest BCUT2D eigenvalue weighted by Crippen LogP contribution is -2.04. The van der Waals surface area contributed by atoms with Crippen LogP contribution in [0.25, 0.3) is 0 Å². The van der Waals surface area contributed by atoms with Crippen molar-refractivity contribution >= 4 is 5.69 Å². The highest BCUT2D eigenvalue weighted by Gasteiger charge is 2.03. The van der Waals surface area contributed by atoms with E-state index in [2.05, 4.69) is 5.32 Å². The Bertz CT molecular complexity index is 343. The number of nitrogens with two attached hydrogens (primary N) is 1. The molecular weight excluding hydrogens is 228 g/mol. The Morgan fingerprint density at radius 3 is 2.50 bits per heavy atom. The average Bonchev–Trinajstić information content (AvgIpc) is 2.42. The summed E-state index contributed by atoms with van der Waals surface area (Å²) >= 11 is 0. The maximum absolute atomic E-state index is 5.46. The van der Waals surface area contributed by atoms with Crippen LogP contribution in [0.1, 0.15) is 25.7 Å². The third-order valence-corrected chi connectivity index (χ3v) is 2.86. The van der Waals surface area contributed by atoms with E-state index in [1.165, 1.54) is 12.8 Å². The summed E-state index contributed by atoms with van der Waals surface area (Å²) in [4.78, 5) is 0. The first-order valence-corrected chi connectivity index (χ1v) is 6.47. The van der Waals surface area contributed by atoms with Gasteiger partial charge in [0.15, 0.2) is 0 Å². The van der Waals surface area contributed by atoms with Crippen LogP contribution in [0.15, 0.2) is 18.2 Å². The van der Waals surface area contributed by atoms with Crippen LogP contribution in [0, 0.1) is 0 Å². The van der Waals surface area contributed by atoms with Gasteiger partial charge in [0.05, 0.1) is 19.9 Å². The smallest absolute Gasteiger partial charge is 0.145 e. The summed E-state index contributed by atoms with van der Waals surface area (Å²) in [5.74, 6) is 1.62. The lowest BCUT2D eigenvalue weighted by Gasteiger charge is -2.12. The van der Waals surface area contributed by atoms with E-state index in [1.807, 2.05) is 18.2 Å². The minimum atomic E-state index is 0.791. The normalized spacial score (nSPS) is 10.2. The quantitative estimate of drug-likeness (QED) is 0.663. The van der Waals surface area contributed by atoms with Crippen molar-refractivity contribution in [2.45, 2.75) is 25.7 Å². The van der Waals surface area contributed by atoms with Gasteiger partial charge in [-0.3, -0.25) is 0 Å². The molecule has 4 heteroatoms. The maximum atomic E-state index is 5.46. The number of methoxy groups -OCH3 is 2. The van der Waals surface area contributed by atoms with E-state index in [0.717, 1.165) is 43.1 Å². The van der Waals surface area contributed by atoms with Gasteiger partial charge in [-0.15, -0.1) is 0 Å². The molecule has 0 aliphatic carbocycles. The molecule has 18 heavy (non-hydrogen) atoms. The van der Waals surface area contributed by atoms with Crippen LogP contribution in [-0.2, 0) is 0 Å². The number of rotatable bonds is 9. The second kappa shape index (κ2) is 8.64. The summed E-state index contributed by atoms with van der Waals surface area (Å²) in [5, 5.41) is 3.38. The summed E-state index contributed by atoms with van der Waals surface area (Å²) in [5.41, 5.74) is 6.47. The standard InChI is InChI=1S/C14H24N2O2/c1-17-12-7-8-13(14(11-12)18-2)16-10-6-4-3-5-9-15/h7-8,11,16H,3-6,9-10,15H2,1-2H3. The van der Waals surface area contributed by atoms with Gasteiger partial charge in [0, 0.05) is 12.6 Å². The lowest BCUT2D eigenvalue weighted by molar-refractivity contribution is 0.395. The van der Waals surface area contributed by atoms with E-state index in [1.54, 1.807) is 14.2 Å². The summed E-state index contributed by atoms with van der Waals surface area (Å²) in [6, 6.07) is 5.80. The van der Waals surface area contributed by atoms with Gasteiger partial charge in [-0.05, 0) is 31.5 Å². The van der Waals surface area contributed by atoms with Gasteiger partial charge < -0.3 is 20.5 Å². The number of hydrogen-bond donors (Lipinski definition) is 2. The Hall–Kier alpha value is -1.42. The van der Waals surface area contributed by atoms with Crippen molar-refractivity contribution in [2.75, 3.05) is 32.6 Å². The van der Waals surface area contributed by atoms with Gasteiger partial charge in [0.2, 0.25) is 0 Å². The largest absolute Gasteiger partial charge is 0.497 e. The molecule has 0 saturated heterocycles. The molecule has 0 fully saturated rings. The molecule has 1 rings (SSSR count). The van der Waals surface area contributed by atoms with E-state index in [-0.39, 0.29) is 0 Å². The van der Waals surface area contributed by atoms with Crippen molar-refractivity contribution < 1.29 is 9.47 Å². The highest BCUT2D eigenvalue weighted by molar-refractivity contribution is 5.59. The van der Waals surface area contributed by atoms with E-state index in [0.29, 0.717) is 0 Å². The zero-order chi connectivity index (χ0) is 13.2. The molecule has 0 aromatic heterocycles. The Balaban J connectivity index is 2.37. The molecule has 3 N–H and O–H groups in total. The molecule has 0 aliphatic heterocycles. The van der Waals surface area contributed by atoms with Crippen LogP contribution in [-0.4, -0.2) is 27.3 Å². The SMILES string of the molecule is COc1ccc(NCCCCCCN)c(OC)c1. The molecular formula is C14H24N2O2. The Kier molecular flexibility index (Phi) is 7.03. The van der Waals surface area contributed by atoms with Gasteiger partial charge in [-0.25, -0.2) is 0 Å². The van der Waals surface area contributed by atoms with E-state index < -0.39 is 0 Å². The van der Waals surface area contributed by atoms with E-state index in [9.17, 15) is 0 Å². The first-order valence-electron chi connectivity index (χ1n) is 6.47. The molecule has 1 aromatic carbocycles. The average molecular weight is 252 g/mol. The first kappa shape index (κ1) is 14.6. The van der Waals surface area contributed by atoms with Crippen molar-refractivity contribution in [3.05, 3.63) is 18.2 Å². The van der Waals surface area contributed by atoms with Crippen LogP contribution in [0.5, 0.6) is 11.5 Å². The van der Waals surface area contributed by atoms with E-state index >= 15 is 0 Å². The van der Waals surface area contributed by atoms with Gasteiger partial charge in [0.25, 0.3) is 0 Å². The third-order valence-electron chi connectivity index (χ3n) is 2.86. The molecule has 0 radical (unpaired) electrons. The predicted octanol–water partition coefficient (Wildman–Crippen LogP) is 2.63. The number of ether oxygens (including phenoxy) is 2. The molecule has 0 atom stereocenters. The fraction of sp³-hybridized carbons (Fsp3) is 0.571. The highest BCUT2D eigenvalue weighted by Crippen LogP contribution is 2.28. The summed E-state index contributed by atoms with van der Waals surface area (Å²) in [6.07, 6.45) is 4.68. The number of benzene rings is 1. The molecule has 0 aliphatic rings. The Labute approximate surface area is 109 Å². The van der Waals surface area contributed by atoms with Crippen LogP contribution in [0.3, 0.4) is 0 Å². The van der Waals surface area contributed by atoms with Crippen molar-refractivity contribution in [2.24, 2.45) is 5.73 Å². The molecule has 0 saturated carbocycles. The van der Waals surface area contributed by atoms with Gasteiger partial charge in [0.1, 0.15) is 11.5 Å². The summed E-state index contributed by atoms with van der Waals surface area (Å²) in [6.45, 7) is 1.74. The van der Waals surface area contributed by atoms with Crippen LogP contribution in [0.2, 0.25) is 0 Å². The Morgan fingerprint density at radius 2 is 1.83 bits per heavy atom. The van der Waals surface area contributed by atoms with Gasteiger partial charge >= 0.3 is 0 Å². The van der Waals surface area contributed by atoms with Crippen molar-refractivity contribution in [1.29, 1.82) is 0 Å². The first-order chi connectivity index (χ1) is 8.81. The Morgan fingerprint density at radius 1 is 1.06 bits per heavy atom. The van der Waals surface area contributed by atoms with Crippen molar-refractivity contribution in [1.82, 2.24) is 0 Å². The lowest BCUT2D eigenvalue weighted by atomic mass is 10.2. The molecule has 102 valence electrons. The predicted molar refractivity (Wildman–Crippen MR) is 75.6 cm³/mol. The summed E-state index contributed by atoms with van der Waals surface area (Å²) in [7, 11) is 3.32.